The van der Waals surface area contributed by atoms with Crippen molar-refractivity contribution in [3.63, 3.8) is 0 Å². The first kappa shape index (κ1) is 32.2. The molecule has 3 aromatic heterocycles. The topological polar surface area (TPSA) is 147 Å². The number of nitrogens with zero attached hydrogens (tertiary/aromatic N) is 3. The Bertz CT molecular complexity index is 1680. The van der Waals surface area contributed by atoms with Crippen molar-refractivity contribution in [3.8, 4) is 5.88 Å². The summed E-state index contributed by atoms with van der Waals surface area (Å²) in [4.78, 5) is 36.7. The number of carbonyl (C=O) groups is 2. The Labute approximate surface area is 261 Å². The number of hydrogen-bond donors (Lipinski definition) is 4. The summed E-state index contributed by atoms with van der Waals surface area (Å²) < 4.78 is 75.0. The van der Waals surface area contributed by atoms with Gasteiger partial charge in [-0.25, -0.2) is 8.78 Å². The number of fused-ring (bicyclic) bond motifs is 1. The number of H-pyrrole nitrogens is 1. The summed E-state index contributed by atoms with van der Waals surface area (Å²) in [7, 11) is 0. The highest BCUT2D eigenvalue weighted by Crippen LogP contribution is 2.38. The Hall–Kier alpha value is -4.18. The van der Waals surface area contributed by atoms with E-state index in [9.17, 15) is 31.5 Å². The van der Waals surface area contributed by atoms with Gasteiger partial charge in [0.15, 0.2) is 12.3 Å². The molecule has 11 nitrogen and oxygen atoms in total. The third kappa shape index (κ3) is 7.73. The molecule has 0 spiro atoms. The predicted molar refractivity (Wildman–Crippen MR) is 152 cm³/mol. The van der Waals surface area contributed by atoms with Crippen molar-refractivity contribution in [2.75, 3.05) is 11.9 Å². The Balaban J connectivity index is 1.35. The van der Waals surface area contributed by atoms with Gasteiger partial charge in [0, 0.05) is 18.7 Å². The number of imidazole rings is 1. The molecule has 4 aromatic rings. The number of alkyl halides is 5. The van der Waals surface area contributed by atoms with Crippen LogP contribution in [0.15, 0.2) is 35.0 Å². The van der Waals surface area contributed by atoms with E-state index in [0.717, 1.165) is 0 Å². The lowest BCUT2D eigenvalue weighted by Crippen LogP contribution is -2.40. The number of pyridine rings is 1. The van der Waals surface area contributed by atoms with Gasteiger partial charge in [0.25, 0.3) is 18.2 Å². The van der Waals surface area contributed by atoms with Crippen LogP contribution >= 0.6 is 23.2 Å². The van der Waals surface area contributed by atoms with Gasteiger partial charge in [-0.05, 0) is 43.4 Å². The molecule has 2 amide bonds. The normalized spacial score (nSPS) is 17.0. The van der Waals surface area contributed by atoms with Crippen LogP contribution in [0, 0.1) is 5.92 Å². The van der Waals surface area contributed by atoms with Gasteiger partial charge in [-0.3, -0.25) is 9.59 Å². The highest BCUT2D eigenvalue weighted by atomic mass is 35.5. The monoisotopic (exact) mass is 675 g/mol. The molecule has 0 atom stereocenters. The van der Waals surface area contributed by atoms with Crippen LogP contribution in [0.5, 0.6) is 5.88 Å². The second kappa shape index (κ2) is 13.4. The van der Waals surface area contributed by atoms with E-state index in [1.807, 2.05) is 0 Å². The number of benzene rings is 1. The Morgan fingerprint density at radius 2 is 1.84 bits per heavy atom. The van der Waals surface area contributed by atoms with Crippen molar-refractivity contribution in [2.45, 2.75) is 50.9 Å². The molecule has 0 unspecified atom stereocenters. The zero-order chi connectivity index (χ0) is 32.3. The third-order valence-corrected chi connectivity index (χ3v) is 7.82. The van der Waals surface area contributed by atoms with Crippen molar-refractivity contribution >= 4 is 57.8 Å². The van der Waals surface area contributed by atoms with Gasteiger partial charge < -0.3 is 30.2 Å². The maximum Gasteiger partial charge on any atom is 0.391 e. The molecule has 4 N–H and O–H groups in total. The van der Waals surface area contributed by atoms with Crippen LogP contribution < -0.4 is 20.7 Å². The minimum Gasteiger partial charge on any atom is -0.471 e. The van der Waals surface area contributed by atoms with Crippen LogP contribution in [-0.4, -0.2) is 57.2 Å². The molecule has 1 aromatic carbocycles. The molecule has 0 saturated heterocycles. The van der Waals surface area contributed by atoms with Gasteiger partial charge in [-0.15, -0.1) is 0 Å². The summed E-state index contributed by atoms with van der Waals surface area (Å²) in [6.07, 6.45) is -5.94. The summed E-state index contributed by atoms with van der Waals surface area (Å²) in [5, 5.41) is 12.0. The first-order chi connectivity index (χ1) is 21.4. The highest BCUT2D eigenvalue weighted by molar-refractivity contribution is 6.39. The SMILES string of the molecule is O=C(NCc1ccc(Cl)c(Nc2nc3nc(OCC(F)F)c(C(=O)NC4CCC(C(F)(F)F)CC4)cc3[nH]2)c1Cl)c1ccno1. The Morgan fingerprint density at radius 1 is 1.09 bits per heavy atom. The number of rotatable bonds is 10. The van der Waals surface area contributed by atoms with Crippen LogP contribution in [0.25, 0.3) is 11.2 Å². The van der Waals surface area contributed by atoms with Crippen molar-refractivity contribution in [1.29, 1.82) is 0 Å². The summed E-state index contributed by atoms with van der Waals surface area (Å²) in [5.41, 5.74) is 0.682. The fourth-order valence-electron chi connectivity index (χ4n) is 4.79. The van der Waals surface area contributed by atoms with Gasteiger partial charge in [0.1, 0.15) is 5.56 Å². The predicted octanol–water partition coefficient (Wildman–Crippen LogP) is 6.42. The number of carbonyl (C=O) groups excluding carboxylic acids is 2. The summed E-state index contributed by atoms with van der Waals surface area (Å²) in [5.74, 6) is -3.07. The van der Waals surface area contributed by atoms with Crippen molar-refractivity contribution in [1.82, 2.24) is 30.7 Å². The quantitative estimate of drug-likeness (QED) is 0.141. The highest BCUT2D eigenvalue weighted by Gasteiger charge is 2.41. The molecule has 1 aliphatic rings. The summed E-state index contributed by atoms with van der Waals surface area (Å²) in [6.45, 7) is -1.05. The van der Waals surface area contributed by atoms with Crippen LogP contribution in [0.2, 0.25) is 10.0 Å². The fourth-order valence-corrected chi connectivity index (χ4v) is 5.32. The second-order valence-corrected chi connectivity index (χ2v) is 10.9. The molecule has 0 bridgehead atoms. The second-order valence-electron chi connectivity index (χ2n) is 10.1. The van der Waals surface area contributed by atoms with Crippen molar-refractivity contribution in [2.24, 2.45) is 5.92 Å². The number of aromatic nitrogens is 4. The number of nitrogens with one attached hydrogen (secondary N) is 4. The maximum absolute atomic E-state index is 13.1. The number of hydrogen-bond acceptors (Lipinski definition) is 8. The molecule has 1 saturated carbocycles. The molecule has 0 radical (unpaired) electrons. The van der Waals surface area contributed by atoms with Gasteiger partial charge >= 0.3 is 6.18 Å². The Kier molecular flexibility index (Phi) is 9.62. The standard InChI is InChI=1S/C27H24Cl2F5N7O4/c28-16-6-1-12(10-35-24(43)18-7-8-36-45-18)20(29)21(16)39-26-38-17-9-15(25(40-22(17)41-26)44-11-19(30)31)23(42)37-14-4-2-13(3-5-14)27(32,33)34/h1,6-9,13-14,19H,2-5,10-11H2,(H,35,43)(H,37,42)(H2,38,39,40,41). The molecule has 0 aliphatic heterocycles. The van der Waals surface area contributed by atoms with Crippen LogP contribution in [0.1, 0.15) is 52.2 Å². The molecule has 240 valence electrons. The number of halogens is 7. The molecule has 5 rings (SSSR count). The van der Waals surface area contributed by atoms with E-state index in [0.29, 0.717) is 5.56 Å². The van der Waals surface area contributed by atoms with Crippen LogP contribution in [0.4, 0.5) is 33.6 Å². The molecule has 45 heavy (non-hydrogen) atoms. The molecular formula is C27H24Cl2F5N7O4. The molecule has 1 aliphatic carbocycles. The molecule has 3 heterocycles. The van der Waals surface area contributed by atoms with Gasteiger partial charge in [-0.1, -0.05) is 34.4 Å². The number of aromatic amines is 1. The van der Waals surface area contributed by atoms with Crippen molar-refractivity contribution in [3.05, 3.63) is 57.4 Å². The van der Waals surface area contributed by atoms with E-state index in [4.69, 9.17) is 32.5 Å². The zero-order valence-electron chi connectivity index (χ0n) is 23.0. The lowest BCUT2D eigenvalue weighted by Gasteiger charge is -2.30. The summed E-state index contributed by atoms with van der Waals surface area (Å²) >= 11 is 12.9. The fraction of sp³-hybridized carbons (Fsp3) is 0.370. The number of anilines is 2. The Morgan fingerprint density at radius 3 is 2.51 bits per heavy atom. The lowest BCUT2D eigenvalue weighted by molar-refractivity contribution is -0.182. The smallest absolute Gasteiger partial charge is 0.391 e. The first-order valence-corrected chi connectivity index (χ1v) is 14.3. The first-order valence-electron chi connectivity index (χ1n) is 13.5. The minimum atomic E-state index is -4.31. The van der Waals surface area contributed by atoms with Crippen molar-refractivity contribution < 1.29 is 40.8 Å². The van der Waals surface area contributed by atoms with Gasteiger partial charge in [-0.2, -0.15) is 23.1 Å². The van der Waals surface area contributed by atoms with E-state index in [-0.39, 0.29) is 76.4 Å². The number of ether oxygens (including phenoxy) is 1. The summed E-state index contributed by atoms with van der Waals surface area (Å²) in [6, 6.07) is 5.27. The van der Waals surface area contributed by atoms with E-state index in [1.54, 1.807) is 6.07 Å². The minimum absolute atomic E-state index is 0.00648. The largest absolute Gasteiger partial charge is 0.471 e. The lowest BCUT2D eigenvalue weighted by atomic mass is 9.85. The van der Waals surface area contributed by atoms with Gasteiger partial charge in [0.05, 0.1) is 33.4 Å². The van der Waals surface area contributed by atoms with Crippen LogP contribution in [-0.2, 0) is 6.54 Å². The molecular weight excluding hydrogens is 652 g/mol. The molecule has 18 heteroatoms. The van der Waals surface area contributed by atoms with Gasteiger partial charge in [0.2, 0.25) is 17.6 Å². The van der Waals surface area contributed by atoms with E-state index in [2.05, 4.69) is 36.1 Å². The zero-order valence-corrected chi connectivity index (χ0v) is 24.5. The average molecular weight is 676 g/mol. The average Bonchev–Trinajstić information content (AvgIpc) is 3.67. The number of amides is 2. The maximum atomic E-state index is 13.1. The van der Waals surface area contributed by atoms with E-state index >= 15 is 0 Å². The van der Waals surface area contributed by atoms with Crippen LogP contribution in [0.3, 0.4) is 0 Å². The van der Waals surface area contributed by atoms with E-state index in [1.165, 1.54) is 24.4 Å². The van der Waals surface area contributed by atoms with E-state index < -0.39 is 48.9 Å². The molecule has 1 fully saturated rings. The third-order valence-electron chi connectivity index (χ3n) is 7.07.